The van der Waals surface area contributed by atoms with Crippen molar-refractivity contribution >= 4 is 10.0 Å². The van der Waals surface area contributed by atoms with E-state index in [9.17, 15) is 21.6 Å². The summed E-state index contributed by atoms with van der Waals surface area (Å²) in [5, 5.41) is 0. The number of aryl methyl sites for hydroxylation is 4. The second-order valence-electron chi connectivity index (χ2n) is 15.3. The number of hydrogen-bond donors (Lipinski definition) is 2. The van der Waals surface area contributed by atoms with Crippen molar-refractivity contribution in [3.8, 4) is 22.9 Å². The monoisotopic (exact) mass is 848 g/mol. The quantitative estimate of drug-likeness (QED) is 0.0921. The largest absolute Gasteiger partial charge is 0.511 e. The van der Waals surface area contributed by atoms with Gasteiger partial charge in [0.2, 0.25) is 11.8 Å². The van der Waals surface area contributed by atoms with Gasteiger partial charge in [-0.3, -0.25) is 0 Å². The summed E-state index contributed by atoms with van der Waals surface area (Å²) in [5.74, 6) is 2.75. The standard InChI is InChI=1S/C22H29F3N2O5S.C21H30N2O3/c1-15-6-3-7-17(12-15)21-27-20(16(2)32-21)14-31-19-9-4-8-18(13-19)30-11-5-10-26-33(28,29)22(23,24)25;1-15-6-3-7-17(12-15)21-23-20(16(2)26-21)14-25-19-9-4-8-18(13-19)24-11-5-10-22/h3,6-7,12,18-19,26H,4-5,8-11,13-14H2,1-2H3;3,6-7,12,18-19H,4-5,8-11,13-14,22H2,1-2H3/t2*18-,19+/m11/s1. The number of hydrogen-bond acceptors (Lipinski definition) is 11. The van der Waals surface area contributed by atoms with Crippen LogP contribution >= 0.6 is 0 Å². The Labute approximate surface area is 345 Å². The van der Waals surface area contributed by atoms with Gasteiger partial charge in [0.15, 0.2) is 0 Å². The first-order valence-electron chi connectivity index (χ1n) is 20.5. The number of nitrogens with zero attached hydrogens (tertiary/aromatic N) is 2. The Morgan fingerprint density at radius 1 is 0.712 bits per heavy atom. The van der Waals surface area contributed by atoms with E-state index < -0.39 is 15.5 Å². The van der Waals surface area contributed by atoms with Crippen molar-refractivity contribution in [1.82, 2.24) is 14.7 Å². The Balaban J connectivity index is 0.000000230. The van der Waals surface area contributed by atoms with Gasteiger partial charge in [-0.2, -0.15) is 13.2 Å². The van der Waals surface area contributed by atoms with Gasteiger partial charge in [0.05, 0.1) is 37.6 Å². The van der Waals surface area contributed by atoms with Crippen molar-refractivity contribution in [3.05, 3.63) is 82.6 Å². The number of oxazole rings is 2. The number of benzene rings is 2. The molecular formula is C43H59F3N4O8S. The third-order valence-corrected chi connectivity index (χ3v) is 11.5. The molecule has 0 aliphatic heterocycles. The van der Waals surface area contributed by atoms with Gasteiger partial charge in [0.25, 0.3) is 0 Å². The normalized spacial score (nSPS) is 20.0. The second kappa shape index (κ2) is 22.3. The van der Waals surface area contributed by atoms with Crippen LogP contribution in [0.3, 0.4) is 0 Å². The fraction of sp³-hybridized carbons (Fsp3) is 0.581. The maximum atomic E-state index is 12.3. The van der Waals surface area contributed by atoms with E-state index in [1.807, 2.05) is 57.2 Å². The summed E-state index contributed by atoms with van der Waals surface area (Å²) >= 11 is 0. The predicted octanol–water partition coefficient (Wildman–Crippen LogP) is 8.78. The van der Waals surface area contributed by atoms with E-state index in [0.717, 1.165) is 91.8 Å². The van der Waals surface area contributed by atoms with Crippen LogP contribution in [-0.4, -0.2) is 74.6 Å². The SMILES string of the molecule is Cc1cccc(-c2nc(CO[C@H]3CCC[C@@H](OCCCN)C3)c(C)o2)c1.Cc1cccc(-c2nc(CO[C@H]3CCC[C@@H](OCCCNS(=O)(=O)C(F)(F)F)C3)c(C)o2)c1. The summed E-state index contributed by atoms with van der Waals surface area (Å²) in [7, 11) is -5.31. The van der Waals surface area contributed by atoms with Gasteiger partial charge < -0.3 is 33.5 Å². The average molecular weight is 849 g/mol. The zero-order valence-electron chi connectivity index (χ0n) is 34.5. The van der Waals surface area contributed by atoms with Crippen molar-refractivity contribution in [2.45, 2.75) is 135 Å². The van der Waals surface area contributed by atoms with E-state index in [1.54, 1.807) is 0 Å². The number of rotatable bonds is 18. The van der Waals surface area contributed by atoms with Crippen molar-refractivity contribution in [3.63, 3.8) is 0 Å². The highest BCUT2D eigenvalue weighted by Gasteiger charge is 2.45. The molecule has 6 rings (SSSR count). The lowest BCUT2D eigenvalue weighted by Gasteiger charge is -2.29. The minimum absolute atomic E-state index is 0.0222. The highest BCUT2D eigenvalue weighted by Crippen LogP contribution is 2.29. The molecule has 2 heterocycles. The van der Waals surface area contributed by atoms with Crippen LogP contribution in [-0.2, 0) is 42.2 Å². The van der Waals surface area contributed by atoms with Crippen LogP contribution < -0.4 is 10.5 Å². The zero-order chi connectivity index (χ0) is 42.4. The molecule has 0 unspecified atom stereocenters. The fourth-order valence-electron chi connectivity index (χ4n) is 7.07. The number of sulfonamides is 1. The maximum absolute atomic E-state index is 12.3. The molecule has 0 radical (unpaired) electrons. The molecule has 0 saturated heterocycles. The lowest BCUT2D eigenvalue weighted by molar-refractivity contribution is -0.0518. The van der Waals surface area contributed by atoms with Crippen molar-refractivity contribution in [1.29, 1.82) is 0 Å². The molecule has 2 aliphatic rings. The van der Waals surface area contributed by atoms with Crippen LogP contribution in [0.4, 0.5) is 13.2 Å². The topological polar surface area (TPSA) is 161 Å². The third kappa shape index (κ3) is 14.5. The fourth-order valence-corrected chi connectivity index (χ4v) is 7.65. The number of nitrogens with one attached hydrogen (secondary N) is 1. The molecular weight excluding hydrogens is 790 g/mol. The van der Waals surface area contributed by atoms with Gasteiger partial charge in [-0.1, -0.05) is 35.4 Å². The van der Waals surface area contributed by atoms with Crippen LogP contribution in [0.1, 0.15) is 98.2 Å². The van der Waals surface area contributed by atoms with Gasteiger partial charge in [0.1, 0.15) is 22.9 Å². The van der Waals surface area contributed by atoms with Gasteiger partial charge in [-0.15, -0.1) is 0 Å². The molecule has 2 saturated carbocycles. The van der Waals surface area contributed by atoms with E-state index in [2.05, 4.69) is 29.0 Å². The summed E-state index contributed by atoms with van der Waals surface area (Å²) < 4.78 is 95.8. The van der Waals surface area contributed by atoms with Crippen LogP contribution in [0.5, 0.6) is 0 Å². The molecule has 59 heavy (non-hydrogen) atoms. The van der Waals surface area contributed by atoms with Gasteiger partial charge in [0, 0.05) is 30.9 Å². The highest BCUT2D eigenvalue weighted by atomic mass is 32.2. The maximum Gasteiger partial charge on any atom is 0.511 e. The molecule has 3 N–H and O–H groups in total. The van der Waals surface area contributed by atoms with Crippen LogP contribution in [0.25, 0.3) is 22.9 Å². The Morgan fingerprint density at radius 3 is 1.58 bits per heavy atom. The molecule has 0 amide bonds. The predicted molar refractivity (Wildman–Crippen MR) is 218 cm³/mol. The lowest BCUT2D eigenvalue weighted by Crippen LogP contribution is -2.37. The second-order valence-corrected chi connectivity index (χ2v) is 17.1. The summed E-state index contributed by atoms with van der Waals surface area (Å²) in [6.07, 6.45) is 9.06. The summed E-state index contributed by atoms with van der Waals surface area (Å²) in [4.78, 5) is 9.22. The minimum Gasteiger partial charge on any atom is -0.441 e. The van der Waals surface area contributed by atoms with Crippen LogP contribution in [0.15, 0.2) is 57.4 Å². The molecule has 326 valence electrons. The van der Waals surface area contributed by atoms with E-state index >= 15 is 0 Å². The molecule has 12 nitrogen and oxygen atoms in total. The highest BCUT2D eigenvalue weighted by molar-refractivity contribution is 7.90. The van der Waals surface area contributed by atoms with E-state index in [-0.39, 0.29) is 37.9 Å². The number of halogens is 3. The zero-order valence-corrected chi connectivity index (χ0v) is 35.3. The van der Waals surface area contributed by atoms with E-state index in [0.29, 0.717) is 49.8 Å². The average Bonchev–Trinajstić information content (AvgIpc) is 3.77. The van der Waals surface area contributed by atoms with Crippen LogP contribution in [0.2, 0.25) is 0 Å². The van der Waals surface area contributed by atoms with Gasteiger partial charge in [-0.25, -0.2) is 23.1 Å². The number of ether oxygens (including phenoxy) is 4. The first-order valence-corrected chi connectivity index (χ1v) is 22.0. The van der Waals surface area contributed by atoms with Crippen molar-refractivity contribution in [2.75, 3.05) is 26.3 Å². The molecule has 2 aromatic carbocycles. The van der Waals surface area contributed by atoms with Crippen LogP contribution in [0, 0.1) is 27.7 Å². The minimum atomic E-state index is -5.31. The summed E-state index contributed by atoms with van der Waals surface area (Å²) in [5.41, 5.74) is 6.08. The number of nitrogens with two attached hydrogens (primary N) is 1. The molecule has 4 atom stereocenters. The molecule has 16 heteroatoms. The summed E-state index contributed by atoms with van der Waals surface area (Å²) in [6.45, 7) is 9.94. The molecule has 2 fully saturated rings. The van der Waals surface area contributed by atoms with Gasteiger partial charge >= 0.3 is 15.5 Å². The third-order valence-electron chi connectivity index (χ3n) is 10.4. The molecule has 0 bridgehead atoms. The first-order chi connectivity index (χ1) is 28.2. The Hall–Kier alpha value is -3.64. The lowest BCUT2D eigenvalue weighted by atomic mass is 9.95. The van der Waals surface area contributed by atoms with Crippen molar-refractivity contribution < 1.29 is 49.4 Å². The smallest absolute Gasteiger partial charge is 0.441 e. The summed E-state index contributed by atoms with van der Waals surface area (Å²) in [6, 6.07) is 16.1. The molecule has 4 aromatic rings. The van der Waals surface area contributed by atoms with E-state index in [1.165, 1.54) is 10.3 Å². The van der Waals surface area contributed by atoms with E-state index in [4.69, 9.17) is 33.5 Å². The molecule has 0 spiro atoms. The molecule has 2 aliphatic carbocycles. The Bertz CT molecular complexity index is 2000. The van der Waals surface area contributed by atoms with Gasteiger partial charge in [-0.05, 0) is 123 Å². The number of alkyl halides is 3. The molecule has 2 aromatic heterocycles. The Morgan fingerprint density at radius 2 is 1.15 bits per heavy atom. The number of aromatic nitrogens is 2. The first kappa shape index (κ1) is 46.4. The van der Waals surface area contributed by atoms with Crippen molar-refractivity contribution in [2.24, 2.45) is 5.73 Å². The Kier molecular flexibility index (Phi) is 17.5.